The minimum Gasteiger partial charge on any atom is -0.359 e. The Balaban J connectivity index is 1.90. The molecule has 0 unspecified atom stereocenters. The quantitative estimate of drug-likeness (QED) is 0.623. The molecule has 0 fully saturated rings. The summed E-state index contributed by atoms with van der Waals surface area (Å²) in [7, 11) is -2.02. The predicted octanol–water partition coefficient (Wildman–Crippen LogP) is 3.50. The van der Waals surface area contributed by atoms with Crippen LogP contribution in [0.15, 0.2) is 39.8 Å². The smallest absolute Gasteiger partial charge is 0.246 e. The van der Waals surface area contributed by atoms with E-state index in [0.717, 1.165) is 5.56 Å². The first-order chi connectivity index (χ1) is 12.7. The zero-order valence-corrected chi connectivity index (χ0v) is 17.2. The van der Waals surface area contributed by atoms with Crippen molar-refractivity contribution in [3.8, 4) is 11.3 Å². The lowest BCUT2D eigenvalue weighted by atomic mass is 10.1. The molecule has 7 nitrogen and oxygen atoms in total. The molecule has 0 aliphatic rings. The van der Waals surface area contributed by atoms with Crippen molar-refractivity contribution < 1.29 is 12.9 Å². The topological polar surface area (TPSA) is 81.2 Å². The molecule has 9 heteroatoms. The van der Waals surface area contributed by atoms with Gasteiger partial charge in [-0.25, -0.2) is 12.7 Å². The Bertz CT molecular complexity index is 1050. The van der Waals surface area contributed by atoms with Crippen molar-refractivity contribution in [2.75, 3.05) is 13.6 Å². The number of sulfonamides is 1. The molecule has 0 atom stereocenters. The Kier molecular flexibility index (Phi) is 5.41. The number of aryl methyl sites for hydroxylation is 1. The third kappa shape index (κ3) is 3.78. The van der Waals surface area contributed by atoms with Gasteiger partial charge in [-0.05, 0) is 26.0 Å². The first kappa shape index (κ1) is 19.6. The minimum absolute atomic E-state index is 0.240. The number of aromatic nitrogens is 3. The molecule has 0 saturated heterocycles. The van der Waals surface area contributed by atoms with E-state index in [-0.39, 0.29) is 4.90 Å². The first-order valence-electron chi connectivity index (χ1n) is 8.46. The Labute approximate surface area is 163 Å². The van der Waals surface area contributed by atoms with E-state index in [1.165, 1.54) is 4.31 Å². The SMILES string of the molecule is CCN(C)S(=O)(=O)c1c(C)nn(Cc2cc(-c3ccc(Cl)cc3)no2)c1C. The second-order valence-electron chi connectivity index (χ2n) is 6.26. The third-order valence-corrected chi connectivity index (χ3v) is 6.87. The summed E-state index contributed by atoms with van der Waals surface area (Å²) in [6, 6.07) is 9.10. The van der Waals surface area contributed by atoms with Crippen molar-refractivity contribution in [2.45, 2.75) is 32.2 Å². The molecule has 0 spiro atoms. The van der Waals surface area contributed by atoms with Gasteiger partial charge in [0.15, 0.2) is 5.76 Å². The maximum absolute atomic E-state index is 12.7. The van der Waals surface area contributed by atoms with E-state index >= 15 is 0 Å². The molecule has 27 heavy (non-hydrogen) atoms. The van der Waals surface area contributed by atoms with Crippen LogP contribution in [-0.4, -0.2) is 41.3 Å². The molecule has 2 heterocycles. The van der Waals surface area contributed by atoms with Gasteiger partial charge < -0.3 is 4.52 Å². The number of benzene rings is 1. The minimum atomic E-state index is -3.57. The van der Waals surface area contributed by atoms with Gasteiger partial charge in [0, 0.05) is 30.2 Å². The van der Waals surface area contributed by atoms with Gasteiger partial charge >= 0.3 is 0 Å². The number of hydrogen-bond donors (Lipinski definition) is 0. The normalized spacial score (nSPS) is 12.1. The molecular formula is C18H21ClN4O3S. The standard InChI is InChI=1S/C18H21ClN4O3S/c1-5-22(4)27(24,25)18-12(2)20-23(13(18)3)11-16-10-17(21-26-16)14-6-8-15(19)9-7-14/h6-10H,5,11H2,1-4H3. The molecule has 144 valence electrons. The summed E-state index contributed by atoms with van der Waals surface area (Å²) in [6.07, 6.45) is 0. The van der Waals surface area contributed by atoms with Crippen LogP contribution in [0.3, 0.4) is 0 Å². The Morgan fingerprint density at radius 1 is 1.22 bits per heavy atom. The summed E-state index contributed by atoms with van der Waals surface area (Å²) in [6.45, 7) is 5.91. The van der Waals surface area contributed by atoms with Gasteiger partial charge in [0.2, 0.25) is 10.0 Å². The van der Waals surface area contributed by atoms with E-state index in [0.29, 0.717) is 41.0 Å². The summed E-state index contributed by atoms with van der Waals surface area (Å²) < 4.78 is 33.8. The van der Waals surface area contributed by atoms with Crippen molar-refractivity contribution in [1.29, 1.82) is 0 Å². The van der Waals surface area contributed by atoms with Gasteiger partial charge in [-0.15, -0.1) is 0 Å². The van der Waals surface area contributed by atoms with Crippen LogP contribution in [0.1, 0.15) is 24.1 Å². The van der Waals surface area contributed by atoms with Crippen LogP contribution < -0.4 is 0 Å². The fraction of sp³-hybridized carbons (Fsp3) is 0.333. The predicted molar refractivity (Wildman–Crippen MR) is 103 cm³/mol. The van der Waals surface area contributed by atoms with Crippen molar-refractivity contribution in [1.82, 2.24) is 19.2 Å². The van der Waals surface area contributed by atoms with E-state index in [9.17, 15) is 8.42 Å². The van der Waals surface area contributed by atoms with Gasteiger partial charge in [-0.1, -0.05) is 35.8 Å². The molecule has 0 radical (unpaired) electrons. The molecule has 1 aromatic carbocycles. The fourth-order valence-electron chi connectivity index (χ4n) is 2.83. The van der Waals surface area contributed by atoms with Crippen LogP contribution in [-0.2, 0) is 16.6 Å². The van der Waals surface area contributed by atoms with Crippen LogP contribution in [0.2, 0.25) is 5.02 Å². The van der Waals surface area contributed by atoms with Crippen LogP contribution in [0.5, 0.6) is 0 Å². The van der Waals surface area contributed by atoms with E-state index < -0.39 is 10.0 Å². The molecule has 0 aliphatic heterocycles. The lowest BCUT2D eigenvalue weighted by Crippen LogP contribution is -2.27. The highest BCUT2D eigenvalue weighted by Gasteiger charge is 2.28. The van der Waals surface area contributed by atoms with Gasteiger partial charge in [-0.2, -0.15) is 5.10 Å². The number of halogens is 1. The van der Waals surface area contributed by atoms with Gasteiger partial charge in [0.1, 0.15) is 17.1 Å². The van der Waals surface area contributed by atoms with Gasteiger partial charge in [0.25, 0.3) is 0 Å². The van der Waals surface area contributed by atoms with E-state index in [4.69, 9.17) is 16.1 Å². The van der Waals surface area contributed by atoms with Crippen molar-refractivity contribution in [3.05, 3.63) is 52.5 Å². The Hall–Kier alpha value is -2.16. The third-order valence-electron chi connectivity index (χ3n) is 4.43. The molecule has 0 aliphatic carbocycles. The Morgan fingerprint density at radius 2 is 1.89 bits per heavy atom. The average molecular weight is 409 g/mol. The van der Waals surface area contributed by atoms with Crippen LogP contribution >= 0.6 is 11.6 Å². The molecule has 3 rings (SSSR count). The van der Waals surface area contributed by atoms with Crippen LogP contribution in [0.25, 0.3) is 11.3 Å². The molecule has 0 N–H and O–H groups in total. The van der Waals surface area contributed by atoms with Gasteiger partial charge in [-0.3, -0.25) is 4.68 Å². The molecule has 0 bridgehead atoms. The maximum atomic E-state index is 12.7. The van der Waals surface area contributed by atoms with Crippen LogP contribution in [0, 0.1) is 13.8 Å². The van der Waals surface area contributed by atoms with E-state index in [1.807, 2.05) is 18.2 Å². The van der Waals surface area contributed by atoms with Crippen molar-refractivity contribution in [3.63, 3.8) is 0 Å². The number of nitrogens with zero attached hydrogens (tertiary/aromatic N) is 4. The molecule has 2 aromatic heterocycles. The zero-order valence-electron chi connectivity index (χ0n) is 15.6. The highest BCUT2D eigenvalue weighted by atomic mass is 35.5. The zero-order chi connectivity index (χ0) is 19.8. The fourth-order valence-corrected chi connectivity index (χ4v) is 4.50. The average Bonchev–Trinajstić information content (AvgIpc) is 3.20. The largest absolute Gasteiger partial charge is 0.359 e. The molecule has 0 saturated carbocycles. The highest BCUT2D eigenvalue weighted by Crippen LogP contribution is 2.25. The number of rotatable bonds is 6. The second kappa shape index (κ2) is 7.46. The molecular weight excluding hydrogens is 388 g/mol. The van der Waals surface area contributed by atoms with Gasteiger partial charge in [0.05, 0.1) is 11.4 Å². The first-order valence-corrected chi connectivity index (χ1v) is 10.3. The monoisotopic (exact) mass is 408 g/mol. The van der Waals surface area contributed by atoms with Crippen LogP contribution in [0.4, 0.5) is 0 Å². The molecule has 0 amide bonds. The lowest BCUT2D eigenvalue weighted by molar-refractivity contribution is 0.371. The molecule has 3 aromatic rings. The second-order valence-corrected chi connectivity index (χ2v) is 8.68. The summed E-state index contributed by atoms with van der Waals surface area (Å²) in [4.78, 5) is 0.240. The lowest BCUT2D eigenvalue weighted by Gasteiger charge is -2.15. The maximum Gasteiger partial charge on any atom is 0.246 e. The van der Waals surface area contributed by atoms with E-state index in [1.54, 1.807) is 44.6 Å². The highest BCUT2D eigenvalue weighted by molar-refractivity contribution is 7.89. The summed E-state index contributed by atoms with van der Waals surface area (Å²) >= 11 is 5.91. The van der Waals surface area contributed by atoms with E-state index in [2.05, 4.69) is 10.3 Å². The number of hydrogen-bond acceptors (Lipinski definition) is 5. The Morgan fingerprint density at radius 3 is 2.52 bits per heavy atom. The van der Waals surface area contributed by atoms with Crippen molar-refractivity contribution >= 4 is 21.6 Å². The summed E-state index contributed by atoms with van der Waals surface area (Å²) in [5.74, 6) is 0.582. The summed E-state index contributed by atoms with van der Waals surface area (Å²) in [5, 5.41) is 9.11. The van der Waals surface area contributed by atoms with Crippen molar-refractivity contribution in [2.24, 2.45) is 0 Å². The summed E-state index contributed by atoms with van der Waals surface area (Å²) in [5.41, 5.74) is 2.60.